The standard InChI is InChI=1S/C18H15N3O3/c22-17(14-3-1-9-19-12-14)21-15-7-5-13(6-8-15)11-20-18(23)16-4-2-10-24-16/h1-10,12H,11H2,(H,20,23)(H,21,22). The van der Waals surface area contributed by atoms with Crippen LogP contribution in [0.15, 0.2) is 71.6 Å². The highest BCUT2D eigenvalue weighted by Crippen LogP contribution is 2.11. The number of amides is 2. The molecule has 2 amide bonds. The molecular weight excluding hydrogens is 306 g/mol. The van der Waals surface area contributed by atoms with Gasteiger partial charge in [-0.05, 0) is 42.0 Å². The number of rotatable bonds is 5. The minimum absolute atomic E-state index is 0.220. The molecule has 0 radical (unpaired) electrons. The van der Waals surface area contributed by atoms with Gasteiger partial charge in [0.05, 0.1) is 11.8 Å². The molecule has 0 fully saturated rings. The van der Waals surface area contributed by atoms with Gasteiger partial charge in [0, 0.05) is 24.6 Å². The maximum Gasteiger partial charge on any atom is 0.287 e. The van der Waals surface area contributed by atoms with E-state index in [0.29, 0.717) is 17.8 Å². The molecule has 3 rings (SSSR count). The van der Waals surface area contributed by atoms with Crippen LogP contribution in [-0.2, 0) is 6.54 Å². The van der Waals surface area contributed by atoms with Gasteiger partial charge in [0.15, 0.2) is 5.76 Å². The third-order valence-electron chi connectivity index (χ3n) is 3.33. The van der Waals surface area contributed by atoms with Crippen molar-refractivity contribution in [2.24, 2.45) is 0 Å². The summed E-state index contributed by atoms with van der Waals surface area (Å²) in [5, 5.41) is 5.55. The number of carbonyl (C=O) groups excluding carboxylic acids is 2. The van der Waals surface area contributed by atoms with Crippen LogP contribution in [-0.4, -0.2) is 16.8 Å². The van der Waals surface area contributed by atoms with E-state index in [0.717, 1.165) is 5.56 Å². The van der Waals surface area contributed by atoms with Crippen LogP contribution < -0.4 is 10.6 Å². The second kappa shape index (κ2) is 7.23. The molecule has 0 atom stereocenters. The molecule has 6 heteroatoms. The van der Waals surface area contributed by atoms with Crippen LogP contribution in [0, 0.1) is 0 Å². The third kappa shape index (κ3) is 3.86. The molecule has 2 heterocycles. The summed E-state index contributed by atoms with van der Waals surface area (Å²) in [5.41, 5.74) is 2.08. The fourth-order valence-electron chi connectivity index (χ4n) is 2.08. The number of aromatic nitrogens is 1. The van der Waals surface area contributed by atoms with E-state index < -0.39 is 0 Å². The first-order chi connectivity index (χ1) is 11.7. The van der Waals surface area contributed by atoms with Crippen molar-refractivity contribution in [3.63, 3.8) is 0 Å². The second-order valence-electron chi connectivity index (χ2n) is 5.05. The first-order valence-electron chi connectivity index (χ1n) is 7.34. The highest BCUT2D eigenvalue weighted by atomic mass is 16.3. The van der Waals surface area contributed by atoms with E-state index in [9.17, 15) is 9.59 Å². The van der Waals surface area contributed by atoms with Crippen molar-refractivity contribution in [1.82, 2.24) is 10.3 Å². The molecule has 0 aliphatic rings. The predicted octanol–water partition coefficient (Wildman–Crippen LogP) is 2.86. The van der Waals surface area contributed by atoms with Crippen LogP contribution in [0.5, 0.6) is 0 Å². The Bertz CT molecular complexity index is 812. The van der Waals surface area contributed by atoms with Crippen molar-refractivity contribution < 1.29 is 14.0 Å². The summed E-state index contributed by atoms with van der Waals surface area (Å²) in [5.74, 6) is -0.216. The molecule has 2 N–H and O–H groups in total. The lowest BCUT2D eigenvalue weighted by molar-refractivity contribution is 0.0922. The van der Waals surface area contributed by atoms with Crippen molar-refractivity contribution in [2.45, 2.75) is 6.54 Å². The number of hydrogen-bond acceptors (Lipinski definition) is 4. The number of nitrogens with one attached hydrogen (secondary N) is 2. The van der Waals surface area contributed by atoms with Gasteiger partial charge in [-0.2, -0.15) is 0 Å². The second-order valence-corrected chi connectivity index (χ2v) is 5.05. The lowest BCUT2D eigenvalue weighted by Gasteiger charge is -2.07. The van der Waals surface area contributed by atoms with Crippen molar-refractivity contribution in [3.05, 3.63) is 84.1 Å². The molecule has 0 bridgehead atoms. The lowest BCUT2D eigenvalue weighted by Crippen LogP contribution is -2.22. The number of carbonyl (C=O) groups is 2. The summed E-state index contributed by atoms with van der Waals surface area (Å²) < 4.78 is 5.02. The highest BCUT2D eigenvalue weighted by molar-refractivity contribution is 6.04. The Labute approximate surface area is 138 Å². The Morgan fingerprint density at radius 2 is 1.83 bits per heavy atom. The molecule has 24 heavy (non-hydrogen) atoms. The van der Waals surface area contributed by atoms with Crippen LogP contribution in [0.1, 0.15) is 26.5 Å². The maximum atomic E-state index is 12.0. The minimum Gasteiger partial charge on any atom is -0.459 e. The predicted molar refractivity (Wildman–Crippen MR) is 88.5 cm³/mol. The number of nitrogens with zero attached hydrogens (tertiary/aromatic N) is 1. The number of furan rings is 1. The normalized spacial score (nSPS) is 10.2. The molecule has 6 nitrogen and oxygen atoms in total. The van der Waals surface area contributed by atoms with Crippen molar-refractivity contribution in [1.29, 1.82) is 0 Å². The summed E-state index contributed by atoms with van der Waals surface area (Å²) in [6.45, 7) is 0.371. The van der Waals surface area contributed by atoms with Gasteiger partial charge in [-0.1, -0.05) is 12.1 Å². The largest absolute Gasteiger partial charge is 0.459 e. The Morgan fingerprint density at radius 3 is 2.50 bits per heavy atom. The lowest BCUT2D eigenvalue weighted by atomic mass is 10.2. The summed E-state index contributed by atoms with van der Waals surface area (Å²) in [6.07, 6.45) is 4.57. The van der Waals surface area contributed by atoms with E-state index in [2.05, 4.69) is 15.6 Å². The van der Waals surface area contributed by atoms with Crippen molar-refractivity contribution in [3.8, 4) is 0 Å². The van der Waals surface area contributed by atoms with E-state index >= 15 is 0 Å². The van der Waals surface area contributed by atoms with Gasteiger partial charge >= 0.3 is 0 Å². The average Bonchev–Trinajstić information content (AvgIpc) is 3.16. The Kier molecular flexibility index (Phi) is 4.67. The van der Waals surface area contributed by atoms with Gasteiger partial charge in [0.25, 0.3) is 11.8 Å². The summed E-state index contributed by atoms with van der Waals surface area (Å²) >= 11 is 0. The fraction of sp³-hybridized carbons (Fsp3) is 0.0556. The zero-order chi connectivity index (χ0) is 16.8. The zero-order valence-electron chi connectivity index (χ0n) is 12.7. The van der Waals surface area contributed by atoms with Crippen LogP contribution >= 0.6 is 0 Å². The van der Waals surface area contributed by atoms with Gasteiger partial charge in [-0.15, -0.1) is 0 Å². The number of anilines is 1. The Balaban J connectivity index is 1.55. The van der Waals surface area contributed by atoms with Gasteiger partial charge in [0.2, 0.25) is 0 Å². The molecule has 0 aliphatic carbocycles. The van der Waals surface area contributed by atoms with Crippen LogP contribution in [0.3, 0.4) is 0 Å². The van der Waals surface area contributed by atoms with Crippen molar-refractivity contribution in [2.75, 3.05) is 5.32 Å². The average molecular weight is 321 g/mol. The maximum absolute atomic E-state index is 12.0. The van der Waals surface area contributed by atoms with Gasteiger partial charge in [-0.25, -0.2) is 0 Å². The van der Waals surface area contributed by atoms with E-state index in [4.69, 9.17) is 4.42 Å². The molecule has 0 saturated heterocycles. The van der Waals surface area contributed by atoms with Crippen LogP contribution in [0.25, 0.3) is 0 Å². The van der Waals surface area contributed by atoms with Gasteiger partial charge < -0.3 is 15.1 Å². The molecular formula is C18H15N3O3. The summed E-state index contributed by atoms with van der Waals surface area (Å²) in [4.78, 5) is 27.7. The molecule has 1 aromatic carbocycles. The smallest absolute Gasteiger partial charge is 0.287 e. The number of benzene rings is 1. The highest BCUT2D eigenvalue weighted by Gasteiger charge is 2.08. The molecule has 0 saturated carbocycles. The van der Waals surface area contributed by atoms with E-state index in [1.54, 1.807) is 42.6 Å². The quantitative estimate of drug-likeness (QED) is 0.757. The SMILES string of the molecule is O=C(Nc1ccc(CNC(=O)c2ccco2)cc1)c1cccnc1. The van der Waals surface area contributed by atoms with Gasteiger partial charge in [0.1, 0.15) is 0 Å². The first-order valence-corrected chi connectivity index (χ1v) is 7.34. The Hall–Kier alpha value is -3.41. The minimum atomic E-state index is -0.269. The molecule has 3 aromatic rings. The van der Waals surface area contributed by atoms with E-state index in [-0.39, 0.29) is 17.6 Å². The number of hydrogen-bond donors (Lipinski definition) is 2. The summed E-state index contributed by atoms with van der Waals surface area (Å²) in [7, 11) is 0. The third-order valence-corrected chi connectivity index (χ3v) is 3.33. The molecule has 0 unspecified atom stereocenters. The zero-order valence-corrected chi connectivity index (χ0v) is 12.7. The monoisotopic (exact) mass is 321 g/mol. The van der Waals surface area contributed by atoms with E-state index in [1.807, 2.05) is 12.1 Å². The number of pyridine rings is 1. The van der Waals surface area contributed by atoms with Gasteiger partial charge in [-0.3, -0.25) is 14.6 Å². The molecule has 0 spiro atoms. The van der Waals surface area contributed by atoms with Crippen molar-refractivity contribution >= 4 is 17.5 Å². The summed E-state index contributed by atoms with van der Waals surface area (Å²) in [6, 6.07) is 13.9. The molecule has 2 aromatic heterocycles. The van der Waals surface area contributed by atoms with Crippen LogP contribution in [0.2, 0.25) is 0 Å². The fourth-order valence-corrected chi connectivity index (χ4v) is 2.08. The van der Waals surface area contributed by atoms with E-state index in [1.165, 1.54) is 12.5 Å². The first kappa shape index (κ1) is 15.5. The molecule has 0 aliphatic heterocycles. The molecule has 120 valence electrons. The topological polar surface area (TPSA) is 84.2 Å². The Morgan fingerprint density at radius 1 is 1.00 bits per heavy atom. The van der Waals surface area contributed by atoms with Crippen LogP contribution in [0.4, 0.5) is 5.69 Å².